The second-order valence-corrected chi connectivity index (χ2v) is 9.22. The number of anilines is 1. The number of fused-ring (bicyclic) bond motifs is 1. The Morgan fingerprint density at radius 1 is 1.09 bits per heavy atom. The maximum absolute atomic E-state index is 12.5. The van der Waals surface area contributed by atoms with E-state index in [2.05, 4.69) is 14.9 Å². The Hall–Kier alpha value is -1.55. The third-order valence-corrected chi connectivity index (χ3v) is 8.07. The molecule has 6 nitrogen and oxygen atoms in total. The lowest BCUT2D eigenvalue weighted by molar-refractivity contribution is 0.386. The summed E-state index contributed by atoms with van der Waals surface area (Å²) in [6.07, 6.45) is 1.76. The fourth-order valence-corrected chi connectivity index (χ4v) is 6.08. The van der Waals surface area contributed by atoms with Crippen LogP contribution in [0, 0.1) is 0 Å². The highest BCUT2D eigenvalue weighted by Crippen LogP contribution is 2.29. The van der Waals surface area contributed by atoms with Crippen molar-refractivity contribution in [2.45, 2.75) is 4.21 Å². The molecule has 0 N–H and O–H groups in total. The summed E-state index contributed by atoms with van der Waals surface area (Å²) in [5.41, 5.74) is 0.890. The van der Waals surface area contributed by atoms with Crippen molar-refractivity contribution in [3.63, 3.8) is 0 Å². The van der Waals surface area contributed by atoms with E-state index in [9.17, 15) is 8.42 Å². The molecular weight excluding hydrogens is 352 g/mol. The summed E-state index contributed by atoms with van der Waals surface area (Å²) in [5.74, 6) is 0. The van der Waals surface area contributed by atoms with Gasteiger partial charge in [-0.3, -0.25) is 0 Å². The molecule has 0 radical (unpaired) electrons. The molecule has 3 aromatic heterocycles. The Bertz CT molecular complexity index is 880. The first kappa shape index (κ1) is 15.0. The largest absolute Gasteiger partial charge is 0.345 e. The number of nitrogens with zero attached hydrogens (tertiary/aromatic N) is 4. The van der Waals surface area contributed by atoms with Gasteiger partial charge in [-0.05, 0) is 23.6 Å². The number of sulfonamides is 1. The first-order valence-electron chi connectivity index (χ1n) is 7.15. The highest BCUT2D eigenvalue weighted by molar-refractivity contribution is 7.91. The van der Waals surface area contributed by atoms with E-state index >= 15 is 0 Å². The monoisotopic (exact) mass is 366 g/mol. The molecule has 1 fully saturated rings. The lowest BCUT2D eigenvalue weighted by atomic mass is 10.4. The molecule has 4 heterocycles. The van der Waals surface area contributed by atoms with Gasteiger partial charge in [0.15, 0.2) is 5.13 Å². The molecule has 0 spiro atoms. The van der Waals surface area contributed by atoms with Gasteiger partial charge in [0.1, 0.15) is 14.6 Å². The first-order chi connectivity index (χ1) is 11.1. The Balaban J connectivity index is 1.51. The molecule has 1 aliphatic rings. The Labute approximate surface area is 142 Å². The van der Waals surface area contributed by atoms with Crippen molar-refractivity contribution in [1.82, 2.24) is 14.3 Å². The Morgan fingerprint density at radius 3 is 2.61 bits per heavy atom. The predicted molar refractivity (Wildman–Crippen MR) is 92.7 cm³/mol. The molecule has 120 valence electrons. The van der Waals surface area contributed by atoms with E-state index in [0.29, 0.717) is 30.4 Å². The van der Waals surface area contributed by atoms with Crippen LogP contribution in [-0.2, 0) is 10.0 Å². The van der Waals surface area contributed by atoms with E-state index in [1.165, 1.54) is 11.3 Å². The predicted octanol–water partition coefficient (Wildman–Crippen LogP) is 2.26. The molecule has 1 saturated heterocycles. The van der Waals surface area contributed by atoms with Crippen molar-refractivity contribution in [3.05, 3.63) is 35.8 Å². The molecule has 0 bridgehead atoms. The number of pyridine rings is 1. The van der Waals surface area contributed by atoms with E-state index in [-0.39, 0.29) is 0 Å². The van der Waals surface area contributed by atoms with Crippen molar-refractivity contribution >= 4 is 48.2 Å². The SMILES string of the molecule is O=S(=O)(c1cccs1)N1CCN(c2nc3cccnc3s2)CC1. The van der Waals surface area contributed by atoms with Gasteiger partial charge in [-0.25, -0.2) is 18.4 Å². The fraction of sp³-hybridized carbons (Fsp3) is 0.286. The van der Waals surface area contributed by atoms with Crippen LogP contribution in [0.25, 0.3) is 10.3 Å². The molecule has 1 aliphatic heterocycles. The van der Waals surface area contributed by atoms with Gasteiger partial charge >= 0.3 is 0 Å². The van der Waals surface area contributed by atoms with Gasteiger partial charge < -0.3 is 4.90 Å². The van der Waals surface area contributed by atoms with E-state index in [1.54, 1.807) is 39.4 Å². The molecular formula is C14H14N4O2S3. The highest BCUT2D eigenvalue weighted by Gasteiger charge is 2.30. The third kappa shape index (κ3) is 2.74. The average molecular weight is 366 g/mol. The lowest BCUT2D eigenvalue weighted by Gasteiger charge is -2.33. The van der Waals surface area contributed by atoms with Gasteiger partial charge in [0, 0.05) is 32.4 Å². The number of rotatable bonds is 3. The summed E-state index contributed by atoms with van der Waals surface area (Å²) in [6, 6.07) is 7.24. The second kappa shape index (κ2) is 5.82. The normalized spacial score (nSPS) is 17.0. The topological polar surface area (TPSA) is 66.4 Å². The van der Waals surface area contributed by atoms with Gasteiger partial charge in [0.2, 0.25) is 0 Å². The molecule has 23 heavy (non-hydrogen) atoms. The van der Waals surface area contributed by atoms with E-state index in [0.717, 1.165) is 15.5 Å². The summed E-state index contributed by atoms with van der Waals surface area (Å²) in [7, 11) is -3.35. The molecule has 0 amide bonds. The summed E-state index contributed by atoms with van der Waals surface area (Å²) in [5, 5.41) is 2.70. The van der Waals surface area contributed by atoms with Crippen molar-refractivity contribution < 1.29 is 8.42 Å². The lowest BCUT2D eigenvalue weighted by Crippen LogP contribution is -2.48. The molecule has 0 atom stereocenters. The summed E-state index contributed by atoms with van der Waals surface area (Å²) in [6.45, 7) is 2.24. The maximum Gasteiger partial charge on any atom is 0.252 e. The zero-order valence-electron chi connectivity index (χ0n) is 12.1. The second-order valence-electron chi connectivity index (χ2n) is 5.15. The van der Waals surface area contributed by atoms with Crippen LogP contribution in [0.4, 0.5) is 5.13 Å². The number of hydrogen-bond donors (Lipinski definition) is 0. The maximum atomic E-state index is 12.5. The minimum Gasteiger partial charge on any atom is -0.345 e. The molecule has 3 aromatic rings. The van der Waals surface area contributed by atoms with Crippen molar-refractivity contribution in [2.75, 3.05) is 31.1 Å². The summed E-state index contributed by atoms with van der Waals surface area (Å²) >= 11 is 2.81. The number of piperazine rings is 1. The van der Waals surface area contributed by atoms with Gasteiger partial charge in [-0.1, -0.05) is 17.4 Å². The molecule has 4 rings (SSSR count). The van der Waals surface area contributed by atoms with Gasteiger partial charge in [0.25, 0.3) is 10.0 Å². The van der Waals surface area contributed by atoms with Gasteiger partial charge in [-0.2, -0.15) is 4.31 Å². The van der Waals surface area contributed by atoms with Crippen LogP contribution in [-0.4, -0.2) is 48.9 Å². The van der Waals surface area contributed by atoms with Gasteiger partial charge in [-0.15, -0.1) is 11.3 Å². The van der Waals surface area contributed by atoms with Crippen LogP contribution in [0.5, 0.6) is 0 Å². The molecule has 0 saturated carbocycles. The summed E-state index contributed by atoms with van der Waals surface area (Å²) < 4.78 is 27.0. The van der Waals surface area contributed by atoms with Crippen molar-refractivity contribution in [3.8, 4) is 0 Å². The summed E-state index contributed by atoms with van der Waals surface area (Å²) in [4.78, 5) is 11.9. The Kier molecular flexibility index (Phi) is 3.80. The van der Waals surface area contributed by atoms with E-state index in [1.807, 2.05) is 12.1 Å². The molecule has 9 heteroatoms. The van der Waals surface area contributed by atoms with Crippen LogP contribution in [0.15, 0.2) is 40.1 Å². The van der Waals surface area contributed by atoms with Crippen molar-refractivity contribution in [2.24, 2.45) is 0 Å². The standard InChI is InChI=1S/C14H14N4O2S3/c19-23(20,12-4-2-10-21-12)18-8-6-17(7-9-18)14-16-11-3-1-5-15-13(11)22-14/h1-5,10H,6-9H2. The van der Waals surface area contributed by atoms with Crippen molar-refractivity contribution in [1.29, 1.82) is 0 Å². The number of thiazole rings is 1. The zero-order chi connectivity index (χ0) is 15.9. The van der Waals surface area contributed by atoms with Crippen LogP contribution in [0.2, 0.25) is 0 Å². The quantitative estimate of drug-likeness (QED) is 0.711. The number of thiophene rings is 1. The van der Waals surface area contributed by atoms with Crippen LogP contribution in [0.1, 0.15) is 0 Å². The minimum atomic E-state index is -3.35. The number of aromatic nitrogens is 2. The van der Waals surface area contributed by atoms with Gasteiger partial charge in [0.05, 0.1) is 0 Å². The molecule has 0 aliphatic carbocycles. The Morgan fingerprint density at radius 2 is 1.91 bits per heavy atom. The van der Waals surface area contributed by atoms with E-state index < -0.39 is 10.0 Å². The molecule has 0 unspecified atom stereocenters. The zero-order valence-corrected chi connectivity index (χ0v) is 14.6. The first-order valence-corrected chi connectivity index (χ1v) is 10.3. The third-order valence-electron chi connectivity index (χ3n) is 3.75. The van der Waals surface area contributed by atoms with Crippen LogP contribution < -0.4 is 4.90 Å². The minimum absolute atomic E-state index is 0.412. The number of hydrogen-bond acceptors (Lipinski definition) is 7. The molecule has 0 aromatic carbocycles. The van der Waals surface area contributed by atoms with Crippen LogP contribution >= 0.6 is 22.7 Å². The highest BCUT2D eigenvalue weighted by atomic mass is 32.2. The fourth-order valence-electron chi connectivity index (χ4n) is 2.55. The smallest absolute Gasteiger partial charge is 0.252 e. The average Bonchev–Trinajstić information content (AvgIpc) is 3.24. The van der Waals surface area contributed by atoms with Crippen LogP contribution in [0.3, 0.4) is 0 Å². The van der Waals surface area contributed by atoms with E-state index in [4.69, 9.17) is 0 Å².